The first kappa shape index (κ1) is 15.7. The summed E-state index contributed by atoms with van der Waals surface area (Å²) in [5.41, 5.74) is 5.61. The Morgan fingerprint density at radius 2 is 1.79 bits per heavy atom. The molecule has 0 saturated carbocycles. The van der Waals surface area contributed by atoms with Crippen LogP contribution in [-0.2, 0) is 9.84 Å². The number of nitro groups is 1. The van der Waals surface area contributed by atoms with Gasteiger partial charge in [-0.15, -0.1) is 0 Å². The molecule has 0 aliphatic heterocycles. The fourth-order valence-corrected chi connectivity index (χ4v) is 3.69. The summed E-state index contributed by atoms with van der Waals surface area (Å²) >= 11 is 0. The summed E-state index contributed by atoms with van der Waals surface area (Å²) < 4.78 is 30.5. The van der Waals surface area contributed by atoms with Gasteiger partial charge in [0.1, 0.15) is 5.69 Å². The minimum absolute atomic E-state index is 0.0200. The van der Waals surface area contributed by atoms with Crippen LogP contribution in [0, 0.1) is 10.1 Å². The topological polar surface area (TPSA) is 129 Å². The van der Waals surface area contributed by atoms with E-state index in [1.807, 2.05) is 0 Å². The average Bonchev–Trinajstić information content (AvgIpc) is 2.98. The van der Waals surface area contributed by atoms with Crippen molar-refractivity contribution in [1.82, 2.24) is 5.16 Å². The highest BCUT2D eigenvalue weighted by molar-refractivity contribution is 7.91. The lowest BCUT2D eigenvalue weighted by Gasteiger charge is -2.05. The Kier molecular flexibility index (Phi) is 3.78. The molecule has 8 nitrogen and oxygen atoms in total. The van der Waals surface area contributed by atoms with Crippen LogP contribution >= 0.6 is 0 Å². The highest BCUT2D eigenvalue weighted by atomic mass is 32.2. The maximum atomic E-state index is 12.8. The lowest BCUT2D eigenvalue weighted by atomic mass is 10.1. The molecule has 3 aromatic rings. The molecule has 0 unspecified atom stereocenters. The van der Waals surface area contributed by atoms with E-state index < -0.39 is 14.8 Å². The Labute approximate surface area is 136 Å². The van der Waals surface area contributed by atoms with Crippen LogP contribution in [0.1, 0.15) is 0 Å². The number of nitrogens with two attached hydrogens (primary N) is 1. The van der Waals surface area contributed by atoms with Crippen molar-refractivity contribution in [3.05, 3.63) is 64.7 Å². The number of benzene rings is 2. The van der Waals surface area contributed by atoms with Gasteiger partial charge < -0.3 is 10.3 Å². The highest BCUT2D eigenvalue weighted by Gasteiger charge is 2.30. The molecule has 1 heterocycles. The monoisotopic (exact) mass is 345 g/mol. The first-order valence-corrected chi connectivity index (χ1v) is 8.19. The van der Waals surface area contributed by atoms with E-state index in [-0.39, 0.29) is 32.6 Å². The Bertz CT molecular complexity index is 1010. The number of rotatable bonds is 4. The van der Waals surface area contributed by atoms with Crippen LogP contribution in [0.5, 0.6) is 0 Å². The molecular formula is C15H11N3O5S. The van der Waals surface area contributed by atoms with Crippen molar-refractivity contribution in [1.29, 1.82) is 0 Å². The van der Waals surface area contributed by atoms with E-state index in [4.69, 9.17) is 10.3 Å². The van der Waals surface area contributed by atoms with Crippen molar-refractivity contribution in [2.45, 2.75) is 9.79 Å². The quantitative estimate of drug-likeness (QED) is 0.568. The molecule has 24 heavy (non-hydrogen) atoms. The minimum atomic E-state index is -3.99. The second-order valence-electron chi connectivity index (χ2n) is 4.85. The lowest BCUT2D eigenvalue weighted by Crippen LogP contribution is -2.05. The van der Waals surface area contributed by atoms with Gasteiger partial charge in [-0.1, -0.05) is 35.5 Å². The van der Waals surface area contributed by atoms with Gasteiger partial charge in [-0.25, -0.2) is 8.42 Å². The van der Waals surface area contributed by atoms with Crippen molar-refractivity contribution < 1.29 is 17.9 Å². The molecule has 0 spiro atoms. The normalized spacial score (nSPS) is 11.3. The fourth-order valence-electron chi connectivity index (χ4n) is 2.22. The number of hydrogen-bond acceptors (Lipinski definition) is 7. The third-order valence-electron chi connectivity index (χ3n) is 3.33. The third-order valence-corrected chi connectivity index (χ3v) is 5.15. The number of non-ortho nitro benzene ring substituents is 1. The zero-order chi connectivity index (χ0) is 17.3. The van der Waals surface area contributed by atoms with E-state index >= 15 is 0 Å². The number of sulfone groups is 1. The molecule has 122 valence electrons. The predicted octanol–water partition coefficient (Wildman–Crippen LogP) is 2.66. The van der Waals surface area contributed by atoms with E-state index in [9.17, 15) is 18.5 Å². The molecular weight excluding hydrogens is 334 g/mol. The molecule has 0 saturated heterocycles. The van der Waals surface area contributed by atoms with Crippen molar-refractivity contribution in [2.75, 3.05) is 5.73 Å². The molecule has 0 fully saturated rings. The first-order chi connectivity index (χ1) is 11.4. The van der Waals surface area contributed by atoms with E-state index in [2.05, 4.69) is 5.16 Å². The standard InChI is InChI=1S/C15H11N3O5S/c16-15-14(24(21,22)12-7-2-1-3-8-12)13(17-23-15)10-5-4-6-11(9-10)18(19)20/h1-9H,16H2. The third kappa shape index (κ3) is 2.61. The second-order valence-corrected chi connectivity index (χ2v) is 6.74. The van der Waals surface area contributed by atoms with Crippen molar-refractivity contribution >= 4 is 21.4 Å². The van der Waals surface area contributed by atoms with Crippen LogP contribution in [0.4, 0.5) is 11.6 Å². The van der Waals surface area contributed by atoms with Gasteiger partial charge in [0, 0.05) is 17.7 Å². The van der Waals surface area contributed by atoms with Crippen molar-refractivity contribution in [2.24, 2.45) is 0 Å². The summed E-state index contributed by atoms with van der Waals surface area (Å²) in [4.78, 5) is 10.0. The van der Waals surface area contributed by atoms with Gasteiger partial charge >= 0.3 is 0 Å². The number of nitro benzene ring substituents is 1. The van der Waals surface area contributed by atoms with E-state index in [1.165, 1.54) is 36.4 Å². The molecule has 0 atom stereocenters. The second kappa shape index (κ2) is 5.78. The van der Waals surface area contributed by atoms with Crippen LogP contribution in [0.25, 0.3) is 11.3 Å². The summed E-state index contributed by atoms with van der Waals surface area (Å²) in [6, 6.07) is 13.1. The lowest BCUT2D eigenvalue weighted by molar-refractivity contribution is -0.384. The van der Waals surface area contributed by atoms with Crippen LogP contribution < -0.4 is 5.73 Å². The fraction of sp³-hybridized carbons (Fsp3) is 0. The van der Waals surface area contributed by atoms with Crippen LogP contribution in [0.2, 0.25) is 0 Å². The van der Waals surface area contributed by atoms with Gasteiger partial charge in [-0.05, 0) is 12.1 Å². The molecule has 0 aliphatic carbocycles. The van der Waals surface area contributed by atoms with E-state index in [0.29, 0.717) is 0 Å². The van der Waals surface area contributed by atoms with Gasteiger partial charge in [0.25, 0.3) is 5.69 Å². The number of aromatic nitrogens is 1. The predicted molar refractivity (Wildman–Crippen MR) is 84.9 cm³/mol. The zero-order valence-electron chi connectivity index (χ0n) is 12.1. The van der Waals surface area contributed by atoms with E-state index in [0.717, 1.165) is 0 Å². The Balaban J connectivity index is 2.21. The van der Waals surface area contributed by atoms with Crippen molar-refractivity contribution in [3.8, 4) is 11.3 Å². The van der Waals surface area contributed by atoms with E-state index in [1.54, 1.807) is 18.2 Å². The Morgan fingerprint density at radius 1 is 1.08 bits per heavy atom. The summed E-state index contributed by atoms with van der Waals surface area (Å²) in [6.45, 7) is 0. The molecule has 1 aromatic heterocycles. The van der Waals surface area contributed by atoms with Crippen LogP contribution in [0.3, 0.4) is 0 Å². The smallest absolute Gasteiger partial charge is 0.270 e. The molecule has 9 heteroatoms. The van der Waals surface area contributed by atoms with Gasteiger partial charge in [-0.3, -0.25) is 10.1 Å². The first-order valence-electron chi connectivity index (χ1n) is 6.71. The minimum Gasteiger partial charge on any atom is -0.366 e. The average molecular weight is 345 g/mol. The molecule has 2 aromatic carbocycles. The Hall–Kier alpha value is -3.20. The van der Waals surface area contributed by atoms with Crippen LogP contribution in [0.15, 0.2) is 68.9 Å². The number of anilines is 1. The summed E-state index contributed by atoms with van der Waals surface area (Å²) in [5, 5.41) is 14.6. The number of nitrogen functional groups attached to an aromatic ring is 1. The van der Waals surface area contributed by atoms with Gasteiger partial charge in [-0.2, -0.15) is 0 Å². The molecule has 0 radical (unpaired) electrons. The zero-order valence-corrected chi connectivity index (χ0v) is 12.9. The van der Waals surface area contributed by atoms with Crippen LogP contribution in [-0.4, -0.2) is 18.5 Å². The summed E-state index contributed by atoms with van der Waals surface area (Å²) in [6.07, 6.45) is 0. The SMILES string of the molecule is Nc1onc(-c2cccc([N+](=O)[O-])c2)c1S(=O)(=O)c1ccccc1. The molecule has 3 rings (SSSR count). The van der Waals surface area contributed by atoms with Crippen molar-refractivity contribution in [3.63, 3.8) is 0 Å². The largest absolute Gasteiger partial charge is 0.366 e. The molecule has 0 amide bonds. The van der Waals surface area contributed by atoms with Gasteiger partial charge in [0.2, 0.25) is 15.7 Å². The summed E-state index contributed by atoms with van der Waals surface area (Å²) in [7, 11) is -3.99. The van der Waals surface area contributed by atoms with Gasteiger partial charge in [0.05, 0.1) is 9.82 Å². The van der Waals surface area contributed by atoms with Gasteiger partial charge in [0.15, 0.2) is 4.90 Å². The number of hydrogen-bond donors (Lipinski definition) is 1. The highest BCUT2D eigenvalue weighted by Crippen LogP contribution is 2.36. The number of nitrogens with zero attached hydrogens (tertiary/aromatic N) is 2. The molecule has 2 N–H and O–H groups in total. The molecule has 0 bridgehead atoms. The molecule has 0 aliphatic rings. The summed E-state index contributed by atoms with van der Waals surface area (Å²) in [5.74, 6) is -0.375. The maximum absolute atomic E-state index is 12.8. The maximum Gasteiger partial charge on any atom is 0.270 e. The Morgan fingerprint density at radius 3 is 2.46 bits per heavy atom.